The van der Waals surface area contributed by atoms with Crippen molar-refractivity contribution in [1.82, 2.24) is 4.72 Å². The summed E-state index contributed by atoms with van der Waals surface area (Å²) in [6.45, 7) is 1.52. The molecule has 1 N–H and O–H groups in total. The number of benzene rings is 1. The van der Waals surface area contributed by atoms with Crippen molar-refractivity contribution < 1.29 is 17.9 Å². The Bertz CT molecular complexity index is 784. The summed E-state index contributed by atoms with van der Waals surface area (Å²) in [5.74, 6) is -0.115. The fourth-order valence-electron chi connectivity index (χ4n) is 1.94. The highest BCUT2D eigenvalue weighted by molar-refractivity contribution is 7.89. The summed E-state index contributed by atoms with van der Waals surface area (Å²) in [5.41, 5.74) is 0.465. The molecule has 0 saturated carbocycles. The average Bonchev–Trinajstić information content (AvgIpc) is 2.94. The first-order valence-electron chi connectivity index (χ1n) is 6.72. The first-order chi connectivity index (χ1) is 10.8. The van der Waals surface area contributed by atoms with Gasteiger partial charge in [-0.15, -0.1) is 11.3 Å². The van der Waals surface area contributed by atoms with E-state index in [4.69, 9.17) is 16.3 Å². The topological polar surface area (TPSA) is 72.5 Å². The highest BCUT2D eigenvalue weighted by Gasteiger charge is 2.19. The summed E-state index contributed by atoms with van der Waals surface area (Å²) in [7, 11) is -2.17. The first-order valence-corrected chi connectivity index (χ1v) is 9.40. The van der Waals surface area contributed by atoms with Crippen molar-refractivity contribution in [2.24, 2.45) is 0 Å². The number of methoxy groups -OCH3 is 1. The van der Waals surface area contributed by atoms with Gasteiger partial charge >= 0.3 is 0 Å². The van der Waals surface area contributed by atoms with E-state index < -0.39 is 16.1 Å². The number of rotatable bonds is 7. The maximum absolute atomic E-state index is 12.3. The number of ketones is 1. The molecule has 0 bridgehead atoms. The molecule has 0 aliphatic carbocycles. The molecule has 5 nitrogen and oxygen atoms in total. The molecule has 8 heteroatoms. The van der Waals surface area contributed by atoms with Crippen LogP contribution in [-0.2, 0) is 14.8 Å². The second-order valence-corrected chi connectivity index (χ2v) is 8.31. The number of sulfonamides is 1. The molecule has 0 spiro atoms. The molecule has 0 amide bonds. The molecule has 0 fully saturated rings. The van der Waals surface area contributed by atoms with E-state index in [9.17, 15) is 13.2 Å². The predicted molar refractivity (Wildman–Crippen MR) is 90.7 cm³/mol. The number of thiophene rings is 1. The number of hydrogen-bond acceptors (Lipinski definition) is 5. The number of carbonyl (C=O) groups excluding carboxylic acids is 1. The third-order valence-electron chi connectivity index (χ3n) is 3.23. The van der Waals surface area contributed by atoms with Crippen LogP contribution in [0.25, 0.3) is 0 Å². The van der Waals surface area contributed by atoms with Gasteiger partial charge in [0.1, 0.15) is 6.10 Å². The monoisotopic (exact) mass is 373 g/mol. The molecule has 0 radical (unpaired) electrons. The predicted octanol–water partition coefficient (Wildman–Crippen LogP) is 3.27. The van der Waals surface area contributed by atoms with Gasteiger partial charge in [0, 0.05) is 24.1 Å². The fourth-order valence-corrected chi connectivity index (χ4v) is 4.11. The third kappa shape index (κ3) is 4.62. The number of carbonyl (C=O) groups is 1. The van der Waals surface area contributed by atoms with Gasteiger partial charge < -0.3 is 4.74 Å². The summed E-state index contributed by atoms with van der Waals surface area (Å²) < 4.78 is 33.0. The Morgan fingerprint density at radius 2 is 1.91 bits per heavy atom. The van der Waals surface area contributed by atoms with Crippen LogP contribution in [0.5, 0.6) is 0 Å². The Hall–Kier alpha value is -1.25. The maximum Gasteiger partial charge on any atom is 0.240 e. The van der Waals surface area contributed by atoms with Crippen molar-refractivity contribution >= 4 is 38.7 Å². The molecule has 1 aromatic carbocycles. The zero-order chi connectivity index (χ0) is 17.0. The average molecular weight is 374 g/mol. The van der Waals surface area contributed by atoms with Gasteiger partial charge in [-0.1, -0.05) is 23.7 Å². The number of ether oxygens (including phenoxy) is 1. The minimum Gasteiger partial charge on any atom is -0.375 e. The summed E-state index contributed by atoms with van der Waals surface area (Å²) in [4.78, 5) is 12.2. The van der Waals surface area contributed by atoms with E-state index in [0.717, 1.165) is 4.88 Å². The Balaban J connectivity index is 2.09. The molecule has 2 rings (SSSR count). The lowest BCUT2D eigenvalue weighted by Gasteiger charge is -2.15. The first kappa shape index (κ1) is 18.1. The van der Waals surface area contributed by atoms with E-state index in [2.05, 4.69) is 4.72 Å². The van der Waals surface area contributed by atoms with Crippen LogP contribution >= 0.6 is 22.9 Å². The molecular weight excluding hydrogens is 358 g/mol. The van der Waals surface area contributed by atoms with E-state index in [1.807, 2.05) is 0 Å². The summed E-state index contributed by atoms with van der Waals surface area (Å²) >= 11 is 7.22. The number of halogens is 1. The Kier molecular flexibility index (Phi) is 5.94. The lowest BCUT2D eigenvalue weighted by atomic mass is 10.2. The van der Waals surface area contributed by atoms with E-state index in [1.165, 1.54) is 49.6 Å². The van der Waals surface area contributed by atoms with Gasteiger partial charge in [0.25, 0.3) is 0 Å². The van der Waals surface area contributed by atoms with E-state index in [1.54, 1.807) is 12.1 Å². The molecule has 0 aliphatic rings. The molecule has 0 aliphatic heterocycles. The van der Waals surface area contributed by atoms with Crippen LogP contribution < -0.4 is 4.72 Å². The van der Waals surface area contributed by atoms with Crippen molar-refractivity contribution in [3.05, 3.63) is 51.2 Å². The van der Waals surface area contributed by atoms with E-state index >= 15 is 0 Å². The van der Waals surface area contributed by atoms with Gasteiger partial charge in [0.05, 0.1) is 9.23 Å². The number of Topliss-reactive ketones (excluding diaryl/α,β-unsaturated/α-hetero) is 1. The van der Waals surface area contributed by atoms with Gasteiger partial charge in [-0.3, -0.25) is 4.79 Å². The van der Waals surface area contributed by atoms with Crippen LogP contribution in [0.1, 0.15) is 28.3 Å². The standard InChI is InChI=1S/C15H16ClNO4S2/c1-10(18)11-3-5-12(6-4-11)23(19,20)17-9-13(21-2)14-7-8-15(16)22-14/h3-8,13,17H,9H2,1-2H3. The number of nitrogens with one attached hydrogen (secondary N) is 1. The zero-order valence-electron chi connectivity index (χ0n) is 12.6. The summed E-state index contributed by atoms with van der Waals surface area (Å²) in [6, 6.07) is 9.33. The van der Waals surface area contributed by atoms with E-state index in [0.29, 0.717) is 9.90 Å². The zero-order valence-corrected chi connectivity index (χ0v) is 15.0. The van der Waals surface area contributed by atoms with Crippen molar-refractivity contribution in [2.75, 3.05) is 13.7 Å². The molecule has 1 unspecified atom stereocenters. The number of hydrogen-bond donors (Lipinski definition) is 1. The molecule has 0 saturated heterocycles. The fraction of sp³-hybridized carbons (Fsp3) is 0.267. The largest absolute Gasteiger partial charge is 0.375 e. The molecule has 1 atom stereocenters. The lowest BCUT2D eigenvalue weighted by Crippen LogP contribution is -2.29. The molecular formula is C15H16ClNO4S2. The summed E-state index contributed by atoms with van der Waals surface area (Å²) in [6.07, 6.45) is -0.418. The minimum absolute atomic E-state index is 0.0874. The Morgan fingerprint density at radius 3 is 2.39 bits per heavy atom. The summed E-state index contributed by atoms with van der Waals surface area (Å²) in [5, 5.41) is 0. The van der Waals surface area contributed by atoms with Gasteiger partial charge in [0.15, 0.2) is 5.78 Å². The van der Waals surface area contributed by atoms with Gasteiger partial charge in [-0.25, -0.2) is 13.1 Å². The molecule has 124 valence electrons. The normalized spacial score (nSPS) is 13.0. The Labute approximate surface area is 144 Å². The molecule has 23 heavy (non-hydrogen) atoms. The van der Waals surface area contributed by atoms with Crippen molar-refractivity contribution in [2.45, 2.75) is 17.9 Å². The van der Waals surface area contributed by atoms with Crippen molar-refractivity contribution in [3.8, 4) is 0 Å². The lowest BCUT2D eigenvalue weighted by molar-refractivity contribution is 0.101. The molecule has 2 aromatic rings. The smallest absolute Gasteiger partial charge is 0.240 e. The highest BCUT2D eigenvalue weighted by atomic mass is 35.5. The van der Waals surface area contributed by atoms with Gasteiger partial charge in [-0.05, 0) is 31.2 Å². The molecule has 1 aromatic heterocycles. The van der Waals surface area contributed by atoms with Crippen LogP contribution in [0.15, 0.2) is 41.3 Å². The maximum atomic E-state index is 12.3. The second kappa shape index (κ2) is 7.55. The molecule has 1 heterocycles. The Morgan fingerprint density at radius 1 is 1.26 bits per heavy atom. The van der Waals surface area contributed by atoms with Crippen molar-refractivity contribution in [1.29, 1.82) is 0 Å². The third-order valence-corrected chi connectivity index (χ3v) is 5.99. The van der Waals surface area contributed by atoms with Gasteiger partial charge in [-0.2, -0.15) is 0 Å². The quantitative estimate of drug-likeness (QED) is 0.756. The second-order valence-electron chi connectivity index (χ2n) is 4.80. The minimum atomic E-state index is -3.68. The van der Waals surface area contributed by atoms with Crippen LogP contribution in [0, 0.1) is 0 Å². The van der Waals surface area contributed by atoms with E-state index in [-0.39, 0.29) is 17.2 Å². The highest BCUT2D eigenvalue weighted by Crippen LogP contribution is 2.28. The van der Waals surface area contributed by atoms with Crippen LogP contribution in [0.2, 0.25) is 4.34 Å². The van der Waals surface area contributed by atoms with Crippen LogP contribution in [-0.4, -0.2) is 27.9 Å². The SMILES string of the molecule is COC(CNS(=O)(=O)c1ccc(C(C)=O)cc1)c1ccc(Cl)s1. The van der Waals surface area contributed by atoms with Crippen molar-refractivity contribution in [3.63, 3.8) is 0 Å². The van der Waals surface area contributed by atoms with Crippen LogP contribution in [0.4, 0.5) is 0 Å². The van der Waals surface area contributed by atoms with Gasteiger partial charge in [0.2, 0.25) is 10.0 Å². The van der Waals surface area contributed by atoms with Crippen LogP contribution in [0.3, 0.4) is 0 Å².